The van der Waals surface area contributed by atoms with Crippen LogP contribution in [0.3, 0.4) is 0 Å². The molecule has 0 unspecified atom stereocenters. The number of rotatable bonds is 6. The van der Waals surface area contributed by atoms with Crippen molar-refractivity contribution < 1.29 is 15.0 Å². The van der Waals surface area contributed by atoms with Crippen molar-refractivity contribution in [1.29, 1.82) is 0 Å². The van der Waals surface area contributed by atoms with Gasteiger partial charge in [0.15, 0.2) is 14.7 Å². The standard InChI is InChI=1S/C36H27S.CH2O3/c1-6-16-28(17-7-1)31-26-34(29-18-8-2-9-19-29)36(35(27-31)30-20-10-3-11-21-30)37(32-22-12-4-13-23-32)33-24-14-5-15-25-33;2-1(3)4/h1-27H;(H2,2,3,4)/q+1;/p-1. The van der Waals surface area contributed by atoms with E-state index in [1.54, 1.807) is 0 Å². The van der Waals surface area contributed by atoms with Gasteiger partial charge in [0, 0.05) is 11.1 Å². The highest BCUT2D eigenvalue weighted by molar-refractivity contribution is 7.97. The summed E-state index contributed by atoms with van der Waals surface area (Å²) in [5, 5.41) is 15.3. The average molecular weight is 553 g/mol. The van der Waals surface area contributed by atoms with Crippen LogP contribution in [0.2, 0.25) is 0 Å². The lowest BCUT2D eigenvalue weighted by atomic mass is 9.93. The van der Waals surface area contributed by atoms with Crippen LogP contribution in [0.1, 0.15) is 0 Å². The van der Waals surface area contributed by atoms with E-state index < -0.39 is 6.16 Å². The summed E-state index contributed by atoms with van der Waals surface area (Å²) in [5.74, 6) is 0. The van der Waals surface area contributed by atoms with Crippen LogP contribution in [0.25, 0.3) is 33.4 Å². The maximum Gasteiger partial charge on any atom is 0.249 e. The first kappa shape index (κ1) is 27.5. The van der Waals surface area contributed by atoms with Crippen molar-refractivity contribution in [3.63, 3.8) is 0 Å². The Labute approximate surface area is 243 Å². The van der Waals surface area contributed by atoms with Crippen molar-refractivity contribution in [1.82, 2.24) is 0 Å². The summed E-state index contributed by atoms with van der Waals surface area (Å²) in [6.45, 7) is 0. The van der Waals surface area contributed by atoms with Gasteiger partial charge in [0.2, 0.25) is 6.16 Å². The fraction of sp³-hybridized carbons (Fsp3) is 0. The van der Waals surface area contributed by atoms with Crippen molar-refractivity contribution in [2.75, 3.05) is 0 Å². The Morgan fingerprint density at radius 2 is 0.756 bits per heavy atom. The number of benzene rings is 6. The lowest BCUT2D eigenvalue weighted by Crippen LogP contribution is -2.17. The topological polar surface area (TPSA) is 60.4 Å². The van der Waals surface area contributed by atoms with Crippen LogP contribution < -0.4 is 5.11 Å². The fourth-order valence-corrected chi connectivity index (χ4v) is 7.19. The Hall–Kier alpha value is -5.06. The zero-order valence-corrected chi connectivity index (χ0v) is 23.1. The summed E-state index contributed by atoms with van der Waals surface area (Å²) in [6.07, 6.45) is -2.08. The highest BCUT2D eigenvalue weighted by Crippen LogP contribution is 2.45. The maximum absolute atomic E-state index is 8.44. The van der Waals surface area contributed by atoms with Gasteiger partial charge in [0.1, 0.15) is 10.9 Å². The van der Waals surface area contributed by atoms with E-state index in [4.69, 9.17) is 15.0 Å². The SMILES string of the molecule is O=C([O-])O.c1ccc(-c2cc(-c3ccccc3)c([S+](c3ccccc3)c3ccccc3)c(-c3ccccc3)c2)cc1. The molecule has 0 bridgehead atoms. The lowest BCUT2D eigenvalue weighted by Gasteiger charge is -2.19. The Kier molecular flexibility index (Phi) is 8.95. The first-order chi connectivity index (χ1) is 20.1. The molecule has 1 N–H and O–H groups in total. The van der Waals surface area contributed by atoms with Gasteiger partial charge in [0.05, 0.1) is 0 Å². The van der Waals surface area contributed by atoms with E-state index in [1.807, 2.05) is 0 Å². The second-order valence-corrected chi connectivity index (χ2v) is 11.2. The lowest BCUT2D eigenvalue weighted by molar-refractivity contribution is -0.275. The van der Waals surface area contributed by atoms with Crippen molar-refractivity contribution in [2.24, 2.45) is 0 Å². The second kappa shape index (κ2) is 13.3. The number of carboxylic acid groups (broad SMARTS) is 2. The van der Waals surface area contributed by atoms with Crippen LogP contribution in [0.5, 0.6) is 0 Å². The highest BCUT2D eigenvalue weighted by Gasteiger charge is 2.35. The number of hydrogen-bond acceptors (Lipinski definition) is 2. The minimum atomic E-state index is -2.08. The van der Waals surface area contributed by atoms with Crippen LogP contribution in [0.15, 0.2) is 178 Å². The zero-order valence-electron chi connectivity index (χ0n) is 22.3. The molecule has 6 aromatic carbocycles. The molecular weight excluding hydrogens is 524 g/mol. The first-order valence-electron chi connectivity index (χ1n) is 13.2. The van der Waals surface area contributed by atoms with Gasteiger partial charge < -0.3 is 15.0 Å². The number of hydrogen-bond donors (Lipinski definition) is 1. The molecule has 0 fully saturated rings. The minimum Gasteiger partial charge on any atom is -0.565 e. The molecule has 0 aliphatic rings. The van der Waals surface area contributed by atoms with Gasteiger partial charge in [-0.05, 0) is 58.7 Å². The third kappa shape index (κ3) is 6.75. The molecule has 0 saturated heterocycles. The van der Waals surface area contributed by atoms with Crippen molar-refractivity contribution >= 4 is 17.1 Å². The summed E-state index contributed by atoms with van der Waals surface area (Å²) in [6, 6.07) is 59.1. The summed E-state index contributed by atoms with van der Waals surface area (Å²) < 4.78 is 0. The normalized spacial score (nSPS) is 10.5. The van der Waals surface area contributed by atoms with Crippen LogP contribution in [-0.2, 0) is 10.9 Å². The molecule has 0 aliphatic carbocycles. The van der Waals surface area contributed by atoms with Gasteiger partial charge in [-0.2, -0.15) is 0 Å². The molecule has 0 heterocycles. The maximum atomic E-state index is 8.44. The van der Waals surface area contributed by atoms with Crippen LogP contribution in [0.4, 0.5) is 4.79 Å². The molecule has 0 amide bonds. The Morgan fingerprint density at radius 1 is 0.463 bits per heavy atom. The molecule has 0 aromatic heterocycles. The van der Waals surface area contributed by atoms with Gasteiger partial charge in [-0.15, -0.1) is 0 Å². The molecule has 0 spiro atoms. The summed E-state index contributed by atoms with van der Waals surface area (Å²) in [4.78, 5) is 12.4. The van der Waals surface area contributed by atoms with E-state index >= 15 is 0 Å². The van der Waals surface area contributed by atoms with E-state index in [0.717, 1.165) is 0 Å². The van der Waals surface area contributed by atoms with Crippen LogP contribution >= 0.6 is 0 Å². The third-order valence-corrected chi connectivity index (χ3v) is 8.86. The van der Waals surface area contributed by atoms with Gasteiger partial charge in [0.25, 0.3) is 0 Å². The molecule has 3 nitrogen and oxygen atoms in total. The van der Waals surface area contributed by atoms with E-state index in [0.29, 0.717) is 0 Å². The van der Waals surface area contributed by atoms with Crippen molar-refractivity contribution in [3.05, 3.63) is 164 Å². The predicted molar refractivity (Wildman–Crippen MR) is 166 cm³/mol. The summed E-state index contributed by atoms with van der Waals surface area (Å²) in [5.41, 5.74) is 7.47. The molecule has 6 aromatic rings. The Morgan fingerprint density at radius 3 is 1.10 bits per heavy atom. The first-order valence-corrected chi connectivity index (χ1v) is 14.4. The molecular formula is C37H28O3S. The van der Waals surface area contributed by atoms with Gasteiger partial charge in [-0.3, -0.25) is 0 Å². The summed E-state index contributed by atoms with van der Waals surface area (Å²) >= 11 is 0. The smallest absolute Gasteiger partial charge is 0.249 e. The van der Waals surface area contributed by atoms with Crippen LogP contribution in [0, 0.1) is 0 Å². The average Bonchev–Trinajstić information content (AvgIpc) is 3.03. The summed E-state index contributed by atoms with van der Waals surface area (Å²) in [7, 11) is -0.303. The predicted octanol–water partition coefficient (Wildman–Crippen LogP) is 8.67. The van der Waals surface area contributed by atoms with E-state index in [9.17, 15) is 0 Å². The number of carbonyl (C=O) groups is 1. The fourth-order valence-electron chi connectivity index (χ4n) is 4.80. The molecule has 0 saturated carbocycles. The molecule has 200 valence electrons. The zero-order chi connectivity index (χ0) is 28.4. The van der Waals surface area contributed by atoms with Gasteiger partial charge in [-0.25, -0.2) is 0 Å². The van der Waals surface area contributed by atoms with E-state index in [2.05, 4.69) is 164 Å². The Bertz CT molecular complexity index is 1590. The van der Waals surface area contributed by atoms with E-state index in [-0.39, 0.29) is 10.9 Å². The molecule has 0 radical (unpaired) electrons. The highest BCUT2D eigenvalue weighted by atomic mass is 32.2. The largest absolute Gasteiger partial charge is 0.565 e. The molecule has 6 rings (SSSR count). The second-order valence-electron chi connectivity index (χ2n) is 9.20. The Balaban J connectivity index is 0.000000794. The monoisotopic (exact) mass is 552 g/mol. The molecule has 0 aliphatic heterocycles. The minimum absolute atomic E-state index is 0.303. The van der Waals surface area contributed by atoms with Crippen molar-refractivity contribution in [3.8, 4) is 33.4 Å². The van der Waals surface area contributed by atoms with Gasteiger partial charge in [-0.1, -0.05) is 127 Å². The van der Waals surface area contributed by atoms with Crippen molar-refractivity contribution in [2.45, 2.75) is 14.7 Å². The van der Waals surface area contributed by atoms with Gasteiger partial charge >= 0.3 is 0 Å². The van der Waals surface area contributed by atoms with Crippen LogP contribution in [-0.4, -0.2) is 11.3 Å². The van der Waals surface area contributed by atoms with E-state index in [1.165, 1.54) is 48.1 Å². The quantitative estimate of drug-likeness (QED) is 0.210. The third-order valence-electron chi connectivity index (χ3n) is 6.53. The molecule has 4 heteroatoms. The molecule has 41 heavy (non-hydrogen) atoms. The molecule has 0 atom stereocenters.